The van der Waals surface area contributed by atoms with Crippen molar-refractivity contribution in [2.24, 2.45) is 0 Å². The number of thiophene rings is 1. The SMILES string of the molecule is CCCCNC1CCc2sc(Cl)cc21. The summed E-state index contributed by atoms with van der Waals surface area (Å²) in [6, 6.07) is 2.71. The van der Waals surface area contributed by atoms with Gasteiger partial charge in [-0.15, -0.1) is 11.3 Å². The highest BCUT2D eigenvalue weighted by molar-refractivity contribution is 7.16. The number of halogens is 1. The van der Waals surface area contributed by atoms with E-state index in [1.54, 1.807) is 11.3 Å². The molecule has 0 fully saturated rings. The van der Waals surface area contributed by atoms with Crippen molar-refractivity contribution in [1.29, 1.82) is 0 Å². The number of rotatable bonds is 4. The monoisotopic (exact) mass is 229 g/mol. The van der Waals surface area contributed by atoms with Crippen LogP contribution in [-0.2, 0) is 6.42 Å². The van der Waals surface area contributed by atoms with Crippen molar-refractivity contribution in [2.45, 2.75) is 38.6 Å². The van der Waals surface area contributed by atoms with Gasteiger partial charge in [-0.25, -0.2) is 0 Å². The standard InChI is InChI=1S/C11H16ClNS/c1-2-3-6-13-9-4-5-10-8(9)7-11(12)14-10/h7,9,13H,2-6H2,1H3. The van der Waals surface area contributed by atoms with Gasteiger partial charge in [0, 0.05) is 10.9 Å². The van der Waals surface area contributed by atoms with E-state index in [-0.39, 0.29) is 0 Å². The second-order valence-corrected chi connectivity index (χ2v) is 5.60. The van der Waals surface area contributed by atoms with Gasteiger partial charge in [-0.1, -0.05) is 24.9 Å². The molecule has 0 saturated heterocycles. The van der Waals surface area contributed by atoms with Crippen LogP contribution in [0.3, 0.4) is 0 Å². The molecule has 1 aromatic heterocycles. The van der Waals surface area contributed by atoms with Gasteiger partial charge in [-0.05, 0) is 37.4 Å². The topological polar surface area (TPSA) is 12.0 Å². The van der Waals surface area contributed by atoms with E-state index in [9.17, 15) is 0 Å². The van der Waals surface area contributed by atoms with Gasteiger partial charge in [0.1, 0.15) is 0 Å². The number of aryl methyl sites for hydroxylation is 1. The Hall–Kier alpha value is -0.0500. The van der Waals surface area contributed by atoms with Crippen LogP contribution in [-0.4, -0.2) is 6.54 Å². The second kappa shape index (κ2) is 4.65. The zero-order chi connectivity index (χ0) is 9.97. The quantitative estimate of drug-likeness (QED) is 0.775. The van der Waals surface area contributed by atoms with Gasteiger partial charge in [0.15, 0.2) is 0 Å². The molecule has 2 rings (SSSR count). The fraction of sp³-hybridized carbons (Fsp3) is 0.636. The first-order valence-electron chi connectivity index (χ1n) is 5.32. The molecule has 0 radical (unpaired) electrons. The summed E-state index contributed by atoms with van der Waals surface area (Å²) >= 11 is 7.74. The van der Waals surface area contributed by atoms with Crippen molar-refractivity contribution in [3.63, 3.8) is 0 Å². The van der Waals surface area contributed by atoms with Crippen LogP contribution in [0.15, 0.2) is 6.07 Å². The van der Waals surface area contributed by atoms with Crippen LogP contribution in [0.25, 0.3) is 0 Å². The highest BCUT2D eigenvalue weighted by Crippen LogP contribution is 2.39. The van der Waals surface area contributed by atoms with Crippen molar-refractivity contribution >= 4 is 22.9 Å². The molecule has 0 bridgehead atoms. The third kappa shape index (κ3) is 2.13. The van der Waals surface area contributed by atoms with Gasteiger partial charge in [0.2, 0.25) is 0 Å². The molecular weight excluding hydrogens is 214 g/mol. The summed E-state index contributed by atoms with van der Waals surface area (Å²) in [5.41, 5.74) is 1.45. The van der Waals surface area contributed by atoms with Crippen molar-refractivity contribution in [3.05, 3.63) is 20.8 Å². The molecule has 1 aliphatic rings. The van der Waals surface area contributed by atoms with E-state index < -0.39 is 0 Å². The molecule has 0 aromatic carbocycles. The maximum atomic E-state index is 6.00. The summed E-state index contributed by atoms with van der Waals surface area (Å²) in [5.74, 6) is 0. The summed E-state index contributed by atoms with van der Waals surface area (Å²) in [6.45, 7) is 3.36. The lowest BCUT2D eigenvalue weighted by Crippen LogP contribution is -2.19. The van der Waals surface area contributed by atoms with E-state index in [2.05, 4.69) is 18.3 Å². The van der Waals surface area contributed by atoms with E-state index in [1.165, 1.54) is 36.1 Å². The Kier molecular flexibility index (Phi) is 3.47. The molecule has 14 heavy (non-hydrogen) atoms. The van der Waals surface area contributed by atoms with Crippen LogP contribution in [0.5, 0.6) is 0 Å². The summed E-state index contributed by atoms with van der Waals surface area (Å²) < 4.78 is 0.942. The average Bonchev–Trinajstić information content (AvgIpc) is 2.66. The Morgan fingerprint density at radius 3 is 3.29 bits per heavy atom. The van der Waals surface area contributed by atoms with Crippen LogP contribution < -0.4 is 5.32 Å². The third-order valence-electron chi connectivity index (χ3n) is 2.77. The number of hydrogen-bond donors (Lipinski definition) is 1. The molecule has 1 atom stereocenters. The third-order valence-corrected chi connectivity index (χ3v) is 4.11. The maximum absolute atomic E-state index is 6.00. The first-order chi connectivity index (χ1) is 6.81. The Morgan fingerprint density at radius 1 is 1.64 bits per heavy atom. The molecule has 0 spiro atoms. The highest BCUT2D eigenvalue weighted by Gasteiger charge is 2.24. The molecular formula is C11H16ClNS. The summed E-state index contributed by atoms with van der Waals surface area (Å²) in [4.78, 5) is 1.49. The van der Waals surface area contributed by atoms with E-state index in [1.807, 2.05) is 0 Å². The Morgan fingerprint density at radius 2 is 2.50 bits per heavy atom. The summed E-state index contributed by atoms with van der Waals surface area (Å²) in [6.07, 6.45) is 4.99. The smallest absolute Gasteiger partial charge is 0.0934 e. The number of unbranched alkanes of at least 4 members (excludes halogenated alkanes) is 1. The molecule has 1 unspecified atom stereocenters. The minimum atomic E-state index is 0.570. The molecule has 1 aliphatic carbocycles. The molecule has 1 nitrogen and oxygen atoms in total. The predicted molar refractivity (Wildman–Crippen MR) is 63.3 cm³/mol. The van der Waals surface area contributed by atoms with Crippen molar-refractivity contribution in [3.8, 4) is 0 Å². The van der Waals surface area contributed by atoms with E-state index in [4.69, 9.17) is 11.6 Å². The first-order valence-corrected chi connectivity index (χ1v) is 6.52. The van der Waals surface area contributed by atoms with E-state index in [0.717, 1.165) is 10.9 Å². The summed E-state index contributed by atoms with van der Waals surface area (Å²) in [5, 5.41) is 3.60. The Balaban J connectivity index is 1.95. The normalized spacial score (nSPS) is 20.0. The fourth-order valence-electron chi connectivity index (χ4n) is 2.00. The number of hydrogen-bond acceptors (Lipinski definition) is 2. The molecule has 0 aliphatic heterocycles. The van der Waals surface area contributed by atoms with Crippen molar-refractivity contribution in [1.82, 2.24) is 5.32 Å². The molecule has 0 saturated carbocycles. The van der Waals surface area contributed by atoms with Gasteiger partial charge in [0.05, 0.1) is 4.34 Å². The van der Waals surface area contributed by atoms with Gasteiger partial charge in [-0.3, -0.25) is 0 Å². The van der Waals surface area contributed by atoms with Crippen LogP contribution in [0.2, 0.25) is 4.34 Å². The molecule has 1 heterocycles. The average molecular weight is 230 g/mol. The molecule has 1 aromatic rings. The van der Waals surface area contributed by atoms with Crippen LogP contribution in [0.4, 0.5) is 0 Å². The zero-order valence-corrected chi connectivity index (χ0v) is 10.0. The molecule has 3 heteroatoms. The van der Waals surface area contributed by atoms with Gasteiger partial charge >= 0.3 is 0 Å². The Labute approximate surface area is 94.5 Å². The van der Waals surface area contributed by atoms with Crippen LogP contribution in [0, 0.1) is 0 Å². The fourth-order valence-corrected chi connectivity index (χ4v) is 3.35. The van der Waals surface area contributed by atoms with Crippen LogP contribution >= 0.6 is 22.9 Å². The zero-order valence-electron chi connectivity index (χ0n) is 8.48. The first kappa shape index (κ1) is 10.5. The van der Waals surface area contributed by atoms with Crippen LogP contribution in [0.1, 0.15) is 42.7 Å². The number of fused-ring (bicyclic) bond motifs is 1. The molecule has 78 valence electrons. The van der Waals surface area contributed by atoms with E-state index >= 15 is 0 Å². The molecule has 0 amide bonds. The lowest BCUT2D eigenvalue weighted by atomic mass is 10.2. The minimum absolute atomic E-state index is 0.570. The minimum Gasteiger partial charge on any atom is -0.310 e. The van der Waals surface area contributed by atoms with Crippen molar-refractivity contribution in [2.75, 3.05) is 6.54 Å². The molecule has 1 N–H and O–H groups in total. The highest BCUT2D eigenvalue weighted by atomic mass is 35.5. The van der Waals surface area contributed by atoms with Gasteiger partial charge < -0.3 is 5.32 Å². The second-order valence-electron chi connectivity index (χ2n) is 3.83. The van der Waals surface area contributed by atoms with Gasteiger partial charge in [-0.2, -0.15) is 0 Å². The Bertz CT molecular complexity index is 308. The van der Waals surface area contributed by atoms with Gasteiger partial charge in [0.25, 0.3) is 0 Å². The predicted octanol–water partition coefficient (Wildman–Crippen LogP) is 3.78. The van der Waals surface area contributed by atoms with E-state index in [0.29, 0.717) is 6.04 Å². The lowest BCUT2D eigenvalue weighted by Gasteiger charge is -2.11. The number of nitrogens with one attached hydrogen (secondary N) is 1. The lowest BCUT2D eigenvalue weighted by molar-refractivity contribution is 0.518. The largest absolute Gasteiger partial charge is 0.310 e. The maximum Gasteiger partial charge on any atom is 0.0934 e. The van der Waals surface area contributed by atoms with Crippen molar-refractivity contribution < 1.29 is 0 Å². The summed E-state index contributed by atoms with van der Waals surface area (Å²) in [7, 11) is 0.